The number of methoxy groups -OCH3 is 2. The zero-order chi connectivity index (χ0) is 21.1. The van der Waals surface area contributed by atoms with Gasteiger partial charge in [0.25, 0.3) is 0 Å². The van der Waals surface area contributed by atoms with E-state index >= 15 is 0 Å². The van der Waals surface area contributed by atoms with Gasteiger partial charge in [0.1, 0.15) is 0 Å². The van der Waals surface area contributed by atoms with Crippen LogP contribution < -0.4 is 20.1 Å². The third-order valence-electron chi connectivity index (χ3n) is 6.74. The molecule has 2 amide bonds. The number of urea groups is 1. The zero-order valence-electron chi connectivity index (χ0n) is 17.9. The van der Waals surface area contributed by atoms with E-state index in [1.807, 2.05) is 12.1 Å². The number of ether oxygens (including phenoxy) is 2. The number of fused-ring (bicyclic) bond motifs is 1. The molecule has 2 N–H and O–H groups in total. The summed E-state index contributed by atoms with van der Waals surface area (Å²) in [5, 5.41) is 6.03. The number of rotatable bonds is 5. The summed E-state index contributed by atoms with van der Waals surface area (Å²) < 4.78 is 11.0. The normalized spacial score (nSPS) is 26.0. The minimum Gasteiger partial charge on any atom is -0.493 e. The topological polar surface area (TPSA) is 75.7 Å². The van der Waals surface area contributed by atoms with Crippen molar-refractivity contribution >= 4 is 11.7 Å². The minimum atomic E-state index is -0.174. The number of likely N-dealkylation sites (tertiary alicyclic amines) is 1. The van der Waals surface area contributed by atoms with Gasteiger partial charge in [0.2, 0.25) is 0 Å². The maximum atomic E-state index is 12.5. The van der Waals surface area contributed by atoms with Gasteiger partial charge in [-0.15, -0.1) is 0 Å². The molecule has 4 rings (SSSR count). The summed E-state index contributed by atoms with van der Waals surface area (Å²) in [6.45, 7) is 1.05. The molecule has 1 aliphatic heterocycles. The van der Waals surface area contributed by atoms with Gasteiger partial charge in [-0.2, -0.15) is 0 Å². The molecule has 2 fully saturated rings. The van der Waals surface area contributed by atoms with Crippen LogP contribution in [0.1, 0.15) is 31.2 Å². The highest BCUT2D eigenvalue weighted by molar-refractivity contribution is 5.89. The van der Waals surface area contributed by atoms with Crippen molar-refractivity contribution in [3.05, 3.63) is 48.3 Å². The third kappa shape index (κ3) is 3.81. The molecular formula is C23H30N4O3. The number of nitrogens with zero attached hydrogens (tertiary/aromatic N) is 2. The average Bonchev–Trinajstić information content (AvgIpc) is 3.11. The van der Waals surface area contributed by atoms with Gasteiger partial charge in [-0.1, -0.05) is 6.07 Å². The lowest BCUT2D eigenvalue weighted by Gasteiger charge is -2.45. The Balaban J connectivity index is 1.49. The molecule has 3 atom stereocenters. The number of pyridine rings is 1. The molecule has 0 bridgehead atoms. The van der Waals surface area contributed by atoms with Crippen molar-refractivity contribution in [2.75, 3.05) is 33.1 Å². The summed E-state index contributed by atoms with van der Waals surface area (Å²) in [5.41, 5.74) is 2.07. The first-order chi connectivity index (χ1) is 14.6. The van der Waals surface area contributed by atoms with Crippen LogP contribution in [-0.4, -0.2) is 55.8 Å². The Morgan fingerprint density at radius 3 is 2.77 bits per heavy atom. The van der Waals surface area contributed by atoms with Crippen molar-refractivity contribution in [2.45, 2.75) is 43.2 Å². The van der Waals surface area contributed by atoms with Gasteiger partial charge in [-0.3, -0.25) is 4.98 Å². The van der Waals surface area contributed by atoms with Crippen LogP contribution in [0.15, 0.2) is 42.7 Å². The van der Waals surface area contributed by atoms with Gasteiger partial charge in [-0.05, 0) is 69.1 Å². The number of anilines is 1. The zero-order valence-corrected chi connectivity index (χ0v) is 17.9. The highest BCUT2D eigenvalue weighted by Gasteiger charge is 2.50. The molecule has 1 saturated carbocycles. The summed E-state index contributed by atoms with van der Waals surface area (Å²) in [5.74, 6) is 1.52. The van der Waals surface area contributed by atoms with Crippen LogP contribution in [0.2, 0.25) is 0 Å². The lowest BCUT2D eigenvalue weighted by atomic mass is 9.65. The van der Waals surface area contributed by atoms with Gasteiger partial charge >= 0.3 is 6.03 Å². The van der Waals surface area contributed by atoms with Crippen molar-refractivity contribution in [1.82, 2.24) is 15.2 Å². The lowest BCUT2D eigenvalue weighted by molar-refractivity contribution is 0.156. The van der Waals surface area contributed by atoms with E-state index in [-0.39, 0.29) is 17.5 Å². The predicted octanol–water partition coefficient (Wildman–Crippen LogP) is 3.41. The van der Waals surface area contributed by atoms with Gasteiger partial charge in [0.15, 0.2) is 11.5 Å². The SMILES string of the molecule is COc1ccc(C23CCC(NC(=O)Nc4cccnc4)CC2N(C)CC3)cc1OC. The molecule has 2 aliphatic rings. The summed E-state index contributed by atoms with van der Waals surface area (Å²) in [7, 11) is 5.53. The van der Waals surface area contributed by atoms with Crippen LogP contribution in [0.5, 0.6) is 11.5 Å². The Morgan fingerprint density at radius 2 is 2.03 bits per heavy atom. The second-order valence-electron chi connectivity index (χ2n) is 8.28. The first-order valence-electron chi connectivity index (χ1n) is 10.5. The fraction of sp³-hybridized carbons (Fsp3) is 0.478. The molecule has 1 aromatic heterocycles. The third-order valence-corrected chi connectivity index (χ3v) is 6.74. The Kier molecular flexibility index (Phi) is 5.81. The summed E-state index contributed by atoms with van der Waals surface area (Å²) in [4.78, 5) is 18.9. The minimum absolute atomic E-state index is 0.0757. The number of aromatic nitrogens is 1. The van der Waals surface area contributed by atoms with Crippen molar-refractivity contribution in [3.8, 4) is 11.5 Å². The highest BCUT2D eigenvalue weighted by atomic mass is 16.5. The van der Waals surface area contributed by atoms with Crippen molar-refractivity contribution in [2.24, 2.45) is 0 Å². The number of carbonyl (C=O) groups is 1. The first kappa shape index (κ1) is 20.5. The number of amides is 2. The van der Waals surface area contributed by atoms with Gasteiger partial charge < -0.3 is 25.0 Å². The first-order valence-corrected chi connectivity index (χ1v) is 10.5. The smallest absolute Gasteiger partial charge is 0.319 e. The van der Waals surface area contributed by atoms with E-state index in [1.54, 1.807) is 32.7 Å². The number of benzene rings is 1. The fourth-order valence-electron chi connectivity index (χ4n) is 5.18. The number of likely N-dealkylation sites (N-methyl/N-ethyl adjacent to an activating group) is 1. The molecular weight excluding hydrogens is 380 g/mol. The fourth-order valence-corrected chi connectivity index (χ4v) is 5.18. The van der Waals surface area contributed by atoms with E-state index in [2.05, 4.69) is 39.7 Å². The van der Waals surface area contributed by atoms with Crippen LogP contribution in [0.4, 0.5) is 10.5 Å². The summed E-state index contributed by atoms with van der Waals surface area (Å²) in [6.07, 6.45) is 7.33. The van der Waals surface area contributed by atoms with E-state index in [1.165, 1.54) is 5.56 Å². The Morgan fingerprint density at radius 1 is 1.20 bits per heavy atom. The molecule has 0 spiro atoms. The largest absolute Gasteiger partial charge is 0.493 e. The van der Waals surface area contributed by atoms with Crippen LogP contribution in [-0.2, 0) is 5.41 Å². The van der Waals surface area contributed by atoms with Crippen molar-refractivity contribution in [3.63, 3.8) is 0 Å². The molecule has 2 heterocycles. The number of hydrogen-bond donors (Lipinski definition) is 2. The molecule has 1 aliphatic carbocycles. The maximum Gasteiger partial charge on any atom is 0.319 e. The molecule has 3 unspecified atom stereocenters. The van der Waals surface area contributed by atoms with E-state index in [0.29, 0.717) is 11.7 Å². The van der Waals surface area contributed by atoms with Crippen LogP contribution in [0, 0.1) is 0 Å². The van der Waals surface area contributed by atoms with Crippen molar-refractivity contribution in [1.29, 1.82) is 0 Å². The highest BCUT2D eigenvalue weighted by Crippen LogP contribution is 2.49. The Labute approximate surface area is 177 Å². The quantitative estimate of drug-likeness (QED) is 0.790. The molecule has 0 radical (unpaired) electrons. The molecule has 160 valence electrons. The van der Waals surface area contributed by atoms with Gasteiger partial charge in [0.05, 0.1) is 26.1 Å². The number of carbonyl (C=O) groups excluding carboxylic acids is 1. The summed E-state index contributed by atoms with van der Waals surface area (Å²) in [6, 6.07) is 10.3. The molecule has 2 aromatic rings. The Hall–Kier alpha value is -2.80. The molecule has 1 saturated heterocycles. The molecule has 7 heteroatoms. The Bertz CT molecular complexity index is 891. The molecule has 1 aromatic carbocycles. The standard InChI is InChI=1S/C23H30N4O3/c1-27-12-10-23(16-6-7-19(29-2)20(13-16)30-3)9-8-17(14-21(23)27)25-22(28)26-18-5-4-11-24-15-18/h4-7,11,13,15,17,21H,8-10,12,14H2,1-3H3,(H2,25,26,28). The second-order valence-corrected chi connectivity index (χ2v) is 8.28. The van der Waals surface area contributed by atoms with Gasteiger partial charge in [0, 0.05) is 23.7 Å². The van der Waals surface area contributed by atoms with Crippen LogP contribution in [0.25, 0.3) is 0 Å². The molecule has 30 heavy (non-hydrogen) atoms. The van der Waals surface area contributed by atoms with E-state index in [9.17, 15) is 4.79 Å². The monoisotopic (exact) mass is 410 g/mol. The number of nitrogens with one attached hydrogen (secondary N) is 2. The summed E-state index contributed by atoms with van der Waals surface area (Å²) >= 11 is 0. The van der Waals surface area contributed by atoms with Crippen molar-refractivity contribution < 1.29 is 14.3 Å². The predicted molar refractivity (Wildman–Crippen MR) is 116 cm³/mol. The van der Waals surface area contributed by atoms with E-state index < -0.39 is 0 Å². The van der Waals surface area contributed by atoms with E-state index in [4.69, 9.17) is 9.47 Å². The number of hydrogen-bond acceptors (Lipinski definition) is 5. The second kappa shape index (κ2) is 8.52. The lowest BCUT2D eigenvalue weighted by Crippen LogP contribution is -2.52. The van der Waals surface area contributed by atoms with Crippen LogP contribution in [0.3, 0.4) is 0 Å². The average molecular weight is 411 g/mol. The van der Waals surface area contributed by atoms with Crippen LogP contribution >= 0.6 is 0 Å². The molecule has 7 nitrogen and oxygen atoms in total. The van der Waals surface area contributed by atoms with Gasteiger partial charge in [-0.25, -0.2) is 4.79 Å². The van der Waals surface area contributed by atoms with E-state index in [0.717, 1.165) is 43.7 Å². The maximum absolute atomic E-state index is 12.5.